The molecule has 6 heteroatoms. The molecule has 0 unspecified atom stereocenters. The van der Waals surface area contributed by atoms with E-state index in [0.29, 0.717) is 11.8 Å². The van der Waals surface area contributed by atoms with Crippen LogP contribution in [0.5, 0.6) is 0 Å². The summed E-state index contributed by atoms with van der Waals surface area (Å²) in [4.78, 5) is 13.1. The van der Waals surface area contributed by atoms with E-state index in [9.17, 15) is 13.6 Å². The maximum absolute atomic E-state index is 13.4. The third-order valence-corrected chi connectivity index (χ3v) is 2.49. The highest BCUT2D eigenvalue weighted by atomic mass is 19.1. The predicted octanol–water partition coefficient (Wildman–Crippen LogP) is 3.22. The van der Waals surface area contributed by atoms with E-state index in [2.05, 4.69) is 5.32 Å². The number of benzene rings is 1. The zero-order valence-corrected chi connectivity index (χ0v) is 10.2. The number of carbonyl (C=O) groups excluding carboxylic acids is 1. The largest absolute Gasteiger partial charge is 0.467 e. The number of hydrogen-bond acceptors (Lipinski definition) is 2. The Hall–Kier alpha value is -2.37. The van der Waals surface area contributed by atoms with Crippen LogP contribution < -0.4 is 5.32 Å². The van der Waals surface area contributed by atoms with Gasteiger partial charge in [0.1, 0.15) is 17.4 Å². The van der Waals surface area contributed by atoms with E-state index in [-0.39, 0.29) is 12.2 Å². The van der Waals surface area contributed by atoms with Crippen molar-refractivity contribution >= 4 is 11.7 Å². The Balaban J connectivity index is 2.00. The van der Waals surface area contributed by atoms with Crippen molar-refractivity contribution in [3.8, 4) is 0 Å². The van der Waals surface area contributed by atoms with Crippen molar-refractivity contribution in [2.24, 2.45) is 0 Å². The van der Waals surface area contributed by atoms with Crippen LogP contribution in [0.4, 0.5) is 19.3 Å². The molecule has 0 aliphatic carbocycles. The number of hydrogen-bond donors (Lipinski definition) is 1. The highest BCUT2D eigenvalue weighted by molar-refractivity contribution is 5.89. The van der Waals surface area contributed by atoms with E-state index < -0.39 is 17.7 Å². The Bertz CT molecular complexity index is 570. The van der Waals surface area contributed by atoms with Gasteiger partial charge in [-0.05, 0) is 24.3 Å². The molecular formula is C13H12F2N2O2. The van der Waals surface area contributed by atoms with Gasteiger partial charge in [-0.3, -0.25) is 0 Å². The van der Waals surface area contributed by atoms with Gasteiger partial charge in [-0.1, -0.05) is 0 Å². The van der Waals surface area contributed by atoms with Gasteiger partial charge in [-0.25, -0.2) is 13.6 Å². The zero-order chi connectivity index (χ0) is 13.8. The Morgan fingerprint density at radius 1 is 1.37 bits per heavy atom. The maximum atomic E-state index is 13.4. The predicted molar refractivity (Wildman–Crippen MR) is 65.6 cm³/mol. The molecule has 4 nitrogen and oxygen atoms in total. The molecule has 100 valence electrons. The second kappa shape index (κ2) is 5.51. The second-order valence-corrected chi connectivity index (χ2v) is 3.99. The third kappa shape index (κ3) is 3.31. The fourth-order valence-corrected chi connectivity index (χ4v) is 1.51. The average Bonchev–Trinajstić information content (AvgIpc) is 2.85. The van der Waals surface area contributed by atoms with E-state index in [4.69, 9.17) is 4.42 Å². The number of anilines is 1. The molecule has 19 heavy (non-hydrogen) atoms. The number of nitrogens with zero attached hydrogens (tertiary/aromatic N) is 1. The number of nitrogens with one attached hydrogen (secondary N) is 1. The molecule has 0 saturated carbocycles. The van der Waals surface area contributed by atoms with Crippen LogP contribution in [0.15, 0.2) is 41.0 Å². The lowest BCUT2D eigenvalue weighted by atomic mass is 10.3. The summed E-state index contributed by atoms with van der Waals surface area (Å²) in [6.07, 6.45) is 1.50. The Morgan fingerprint density at radius 3 is 2.79 bits per heavy atom. The highest BCUT2D eigenvalue weighted by Crippen LogP contribution is 2.15. The lowest BCUT2D eigenvalue weighted by molar-refractivity contribution is 0.216. The van der Waals surface area contributed by atoms with Crippen LogP contribution in [0.2, 0.25) is 0 Å². The molecular weight excluding hydrogens is 254 g/mol. The van der Waals surface area contributed by atoms with Crippen molar-refractivity contribution in [2.45, 2.75) is 6.54 Å². The number of carbonyl (C=O) groups is 1. The van der Waals surface area contributed by atoms with Crippen LogP contribution in [-0.4, -0.2) is 18.0 Å². The monoisotopic (exact) mass is 266 g/mol. The molecule has 2 aromatic rings. The van der Waals surface area contributed by atoms with Crippen LogP contribution in [-0.2, 0) is 6.54 Å². The van der Waals surface area contributed by atoms with Crippen molar-refractivity contribution < 1.29 is 18.0 Å². The van der Waals surface area contributed by atoms with E-state index in [1.165, 1.54) is 17.2 Å². The minimum atomic E-state index is -0.820. The molecule has 0 saturated heterocycles. The molecule has 0 bridgehead atoms. The Morgan fingerprint density at radius 2 is 2.16 bits per heavy atom. The summed E-state index contributed by atoms with van der Waals surface area (Å²) in [6.45, 7) is 0.252. The van der Waals surface area contributed by atoms with Crippen LogP contribution in [0.25, 0.3) is 0 Å². The Kier molecular flexibility index (Phi) is 3.79. The van der Waals surface area contributed by atoms with E-state index in [1.54, 1.807) is 19.2 Å². The minimum absolute atomic E-state index is 0.0716. The first kappa shape index (κ1) is 13.1. The second-order valence-electron chi connectivity index (χ2n) is 3.99. The molecule has 0 atom stereocenters. The Labute approximate surface area is 108 Å². The van der Waals surface area contributed by atoms with Gasteiger partial charge in [0.15, 0.2) is 0 Å². The van der Waals surface area contributed by atoms with Crippen molar-refractivity contribution in [3.63, 3.8) is 0 Å². The van der Waals surface area contributed by atoms with Crippen molar-refractivity contribution in [1.82, 2.24) is 4.90 Å². The molecule has 1 heterocycles. The first-order chi connectivity index (χ1) is 9.06. The number of amides is 2. The normalized spacial score (nSPS) is 10.3. The molecule has 2 rings (SSSR count). The molecule has 1 aromatic carbocycles. The van der Waals surface area contributed by atoms with Crippen molar-refractivity contribution in [3.05, 3.63) is 54.0 Å². The summed E-state index contributed by atoms with van der Waals surface area (Å²) in [5.41, 5.74) is -0.0716. The number of furan rings is 1. The molecule has 1 N–H and O–H groups in total. The van der Waals surface area contributed by atoms with Crippen LogP contribution in [0.3, 0.4) is 0 Å². The molecule has 0 aliphatic rings. The molecule has 0 radical (unpaired) electrons. The summed E-state index contributed by atoms with van der Waals surface area (Å²) in [5, 5.41) is 2.35. The summed E-state index contributed by atoms with van der Waals surface area (Å²) in [7, 11) is 1.54. The molecule has 2 amide bonds. The fraction of sp³-hybridized carbons (Fsp3) is 0.154. The summed E-state index contributed by atoms with van der Waals surface area (Å²) >= 11 is 0. The van der Waals surface area contributed by atoms with E-state index in [0.717, 1.165) is 6.07 Å². The molecule has 0 spiro atoms. The maximum Gasteiger partial charge on any atom is 0.322 e. The van der Waals surface area contributed by atoms with Gasteiger partial charge in [0.25, 0.3) is 0 Å². The number of urea groups is 1. The smallest absolute Gasteiger partial charge is 0.322 e. The van der Waals surface area contributed by atoms with Crippen LogP contribution in [0.1, 0.15) is 5.76 Å². The standard InChI is InChI=1S/C13H12F2N2O2/c1-17(8-10-3-2-6-19-10)13(18)16-12-5-4-9(14)7-11(12)15/h2-7H,8H2,1H3,(H,16,18). The van der Waals surface area contributed by atoms with Gasteiger partial charge in [-0.2, -0.15) is 0 Å². The molecule has 1 aromatic heterocycles. The van der Waals surface area contributed by atoms with Gasteiger partial charge in [0, 0.05) is 13.1 Å². The fourth-order valence-electron chi connectivity index (χ4n) is 1.51. The first-order valence-corrected chi connectivity index (χ1v) is 5.56. The van der Waals surface area contributed by atoms with Crippen molar-refractivity contribution in [1.29, 1.82) is 0 Å². The lowest BCUT2D eigenvalue weighted by Crippen LogP contribution is -2.31. The lowest BCUT2D eigenvalue weighted by Gasteiger charge is -2.16. The van der Waals surface area contributed by atoms with Gasteiger partial charge < -0.3 is 14.6 Å². The molecule has 0 aliphatic heterocycles. The van der Waals surface area contributed by atoms with E-state index in [1.807, 2.05) is 0 Å². The zero-order valence-electron chi connectivity index (χ0n) is 10.2. The van der Waals surface area contributed by atoms with Crippen LogP contribution in [0, 0.1) is 11.6 Å². The number of halogens is 2. The summed E-state index contributed by atoms with van der Waals surface area (Å²) < 4.78 is 31.2. The SMILES string of the molecule is CN(Cc1ccco1)C(=O)Nc1ccc(F)cc1F. The van der Waals surface area contributed by atoms with E-state index >= 15 is 0 Å². The quantitative estimate of drug-likeness (QED) is 0.927. The minimum Gasteiger partial charge on any atom is -0.467 e. The third-order valence-electron chi connectivity index (χ3n) is 2.49. The summed E-state index contributed by atoms with van der Waals surface area (Å²) in [6, 6.07) is 5.88. The topological polar surface area (TPSA) is 45.5 Å². The average molecular weight is 266 g/mol. The van der Waals surface area contributed by atoms with Gasteiger partial charge >= 0.3 is 6.03 Å². The van der Waals surface area contributed by atoms with Gasteiger partial charge in [0.2, 0.25) is 0 Å². The molecule has 0 fully saturated rings. The van der Waals surface area contributed by atoms with Crippen molar-refractivity contribution in [2.75, 3.05) is 12.4 Å². The summed E-state index contributed by atoms with van der Waals surface area (Å²) in [5.74, 6) is -0.906. The van der Waals surface area contributed by atoms with Gasteiger partial charge in [0.05, 0.1) is 18.5 Å². The van der Waals surface area contributed by atoms with Crippen LogP contribution >= 0.6 is 0 Å². The first-order valence-electron chi connectivity index (χ1n) is 5.56. The number of rotatable bonds is 3. The highest BCUT2D eigenvalue weighted by Gasteiger charge is 2.13. The van der Waals surface area contributed by atoms with Gasteiger partial charge in [-0.15, -0.1) is 0 Å².